The van der Waals surface area contributed by atoms with Gasteiger partial charge in [0.1, 0.15) is 17.3 Å². The van der Waals surface area contributed by atoms with Crippen molar-refractivity contribution in [1.82, 2.24) is 9.55 Å². The average Bonchev–Trinajstić information content (AvgIpc) is 3.33. The lowest BCUT2D eigenvalue weighted by Crippen LogP contribution is -2.28. The van der Waals surface area contributed by atoms with Crippen LogP contribution in [0.1, 0.15) is 30.8 Å². The van der Waals surface area contributed by atoms with E-state index in [-0.39, 0.29) is 22.8 Å². The lowest BCUT2D eigenvalue weighted by molar-refractivity contribution is -0.146. The predicted octanol–water partition coefficient (Wildman–Crippen LogP) is 7.96. The van der Waals surface area contributed by atoms with Gasteiger partial charge in [0.15, 0.2) is 0 Å². The van der Waals surface area contributed by atoms with E-state index in [0.717, 1.165) is 22.2 Å². The first-order valence-electron chi connectivity index (χ1n) is 14.4. The van der Waals surface area contributed by atoms with E-state index >= 15 is 0 Å². The highest BCUT2D eigenvalue weighted by Gasteiger charge is 2.35. The Labute approximate surface area is 266 Å². The van der Waals surface area contributed by atoms with Crippen LogP contribution in [0.5, 0.6) is 5.75 Å². The first kappa shape index (κ1) is 30.4. The quantitative estimate of drug-likeness (QED) is 0.163. The summed E-state index contributed by atoms with van der Waals surface area (Å²) in [6.45, 7) is 3.69. The molecular weight excluding hydrogens is 608 g/mol. The number of pyridine rings is 1. The second kappa shape index (κ2) is 12.0. The van der Waals surface area contributed by atoms with Gasteiger partial charge in [-0.15, -0.1) is 0 Å². The SMILES string of the molecule is CC(C)(Cc1c(S(=O)(=O)c2ccccc2)c2cc(OCc3ccc4ccccc4n3)ccc2n1Cc1ccc(Cl)cc1)C(=O)O. The molecule has 0 spiro atoms. The Morgan fingerprint density at radius 1 is 0.911 bits per heavy atom. The number of nitrogens with zero attached hydrogens (tertiary/aromatic N) is 2. The minimum atomic E-state index is -4.08. The summed E-state index contributed by atoms with van der Waals surface area (Å²) in [5.41, 5.74) is 2.27. The minimum Gasteiger partial charge on any atom is -0.487 e. The molecule has 0 bridgehead atoms. The third-order valence-electron chi connectivity index (χ3n) is 7.90. The largest absolute Gasteiger partial charge is 0.487 e. The van der Waals surface area contributed by atoms with Crippen LogP contribution in [0.3, 0.4) is 0 Å². The Morgan fingerprint density at radius 3 is 2.36 bits per heavy atom. The minimum absolute atomic E-state index is 0.0246. The molecule has 0 atom stereocenters. The monoisotopic (exact) mass is 638 g/mol. The van der Waals surface area contributed by atoms with Crippen molar-refractivity contribution in [2.45, 2.75) is 43.2 Å². The van der Waals surface area contributed by atoms with Crippen LogP contribution < -0.4 is 4.74 Å². The second-order valence-electron chi connectivity index (χ2n) is 11.6. The fourth-order valence-electron chi connectivity index (χ4n) is 5.43. The van der Waals surface area contributed by atoms with E-state index in [1.54, 1.807) is 68.4 Å². The second-order valence-corrected chi connectivity index (χ2v) is 14.0. The van der Waals surface area contributed by atoms with Gasteiger partial charge in [0, 0.05) is 34.5 Å². The Bertz CT molecular complexity index is 2140. The van der Waals surface area contributed by atoms with Gasteiger partial charge in [0.2, 0.25) is 9.84 Å². The molecule has 1 N–H and O–H groups in total. The molecule has 0 saturated heterocycles. The molecule has 2 aromatic heterocycles. The van der Waals surface area contributed by atoms with Crippen LogP contribution in [0.2, 0.25) is 5.02 Å². The van der Waals surface area contributed by atoms with Gasteiger partial charge in [-0.25, -0.2) is 13.4 Å². The number of carbonyl (C=O) groups is 1. The Kier molecular flexibility index (Phi) is 8.12. The van der Waals surface area contributed by atoms with Crippen LogP contribution in [0.25, 0.3) is 21.8 Å². The molecule has 0 aliphatic carbocycles. The zero-order chi connectivity index (χ0) is 31.8. The summed E-state index contributed by atoms with van der Waals surface area (Å²) in [5.74, 6) is -0.560. The van der Waals surface area contributed by atoms with Crippen molar-refractivity contribution in [2.24, 2.45) is 5.41 Å². The van der Waals surface area contributed by atoms with Crippen molar-refractivity contribution >= 4 is 49.2 Å². The molecule has 0 fully saturated rings. The predicted molar refractivity (Wildman–Crippen MR) is 176 cm³/mol. The number of hydrogen-bond donors (Lipinski definition) is 1. The van der Waals surface area contributed by atoms with E-state index in [2.05, 4.69) is 4.98 Å². The van der Waals surface area contributed by atoms with Crippen LogP contribution in [0.15, 0.2) is 119 Å². The fourth-order valence-corrected chi connectivity index (χ4v) is 7.25. The molecule has 6 rings (SSSR count). The molecule has 0 amide bonds. The molecule has 4 aromatic carbocycles. The summed E-state index contributed by atoms with van der Waals surface area (Å²) in [7, 11) is -4.08. The van der Waals surface area contributed by atoms with E-state index in [1.165, 1.54) is 0 Å². The van der Waals surface area contributed by atoms with E-state index in [1.807, 2.05) is 59.2 Å². The smallest absolute Gasteiger partial charge is 0.309 e. The van der Waals surface area contributed by atoms with Crippen molar-refractivity contribution in [1.29, 1.82) is 0 Å². The van der Waals surface area contributed by atoms with Gasteiger partial charge < -0.3 is 14.4 Å². The molecule has 0 aliphatic rings. The number of halogens is 1. The molecule has 6 aromatic rings. The average molecular weight is 639 g/mol. The van der Waals surface area contributed by atoms with Crippen molar-refractivity contribution in [3.05, 3.63) is 131 Å². The molecule has 228 valence electrons. The molecule has 0 saturated carbocycles. The summed E-state index contributed by atoms with van der Waals surface area (Å²) in [6, 6.07) is 32.6. The molecular formula is C36H31ClN2O5S. The number of aromatic nitrogens is 2. The van der Waals surface area contributed by atoms with E-state index in [9.17, 15) is 18.3 Å². The maximum Gasteiger partial charge on any atom is 0.309 e. The maximum atomic E-state index is 14.4. The third-order valence-corrected chi connectivity index (χ3v) is 10.0. The number of sulfone groups is 1. The van der Waals surface area contributed by atoms with Gasteiger partial charge in [-0.3, -0.25) is 4.79 Å². The fraction of sp³-hybridized carbons (Fsp3) is 0.167. The topological polar surface area (TPSA) is 98.5 Å². The highest BCUT2D eigenvalue weighted by atomic mass is 35.5. The summed E-state index contributed by atoms with van der Waals surface area (Å²) in [4.78, 5) is 17.2. The summed E-state index contributed by atoms with van der Waals surface area (Å²) >= 11 is 6.15. The zero-order valence-electron chi connectivity index (χ0n) is 24.8. The number of aliphatic carboxylic acids is 1. The number of para-hydroxylation sites is 1. The van der Waals surface area contributed by atoms with Crippen molar-refractivity contribution < 1.29 is 23.1 Å². The van der Waals surface area contributed by atoms with Crippen LogP contribution in [0.4, 0.5) is 0 Å². The lowest BCUT2D eigenvalue weighted by Gasteiger charge is -2.22. The summed E-state index contributed by atoms with van der Waals surface area (Å²) < 4.78 is 36.9. The summed E-state index contributed by atoms with van der Waals surface area (Å²) in [5, 5.41) is 12.1. The van der Waals surface area contributed by atoms with Gasteiger partial charge in [-0.1, -0.05) is 66.2 Å². The zero-order valence-corrected chi connectivity index (χ0v) is 26.3. The normalized spacial score (nSPS) is 12.1. The first-order valence-corrected chi connectivity index (χ1v) is 16.3. The summed E-state index contributed by atoms with van der Waals surface area (Å²) in [6.07, 6.45) is -0.0246. The van der Waals surface area contributed by atoms with Crippen molar-refractivity contribution in [3.8, 4) is 5.75 Å². The van der Waals surface area contributed by atoms with Crippen LogP contribution in [0, 0.1) is 5.41 Å². The Hall–Kier alpha value is -4.66. The number of carboxylic acids is 1. The number of hydrogen-bond acceptors (Lipinski definition) is 5. The molecule has 45 heavy (non-hydrogen) atoms. The van der Waals surface area contributed by atoms with E-state index in [0.29, 0.717) is 33.9 Å². The Balaban J connectivity index is 1.52. The standard InChI is InChI=1S/C36H31ClN2O5S/c1-36(2,35(40)41)21-33-34(45(42,43)29-9-4-3-5-10-29)30-20-28(44-23-27-17-14-25-8-6-7-11-31(25)38-27)18-19-32(30)39(33)22-24-12-15-26(37)16-13-24/h3-20H,21-23H2,1-2H3,(H,40,41). The first-order chi connectivity index (χ1) is 21.5. The highest BCUT2D eigenvalue weighted by Crippen LogP contribution is 2.39. The number of carboxylic acid groups (broad SMARTS) is 1. The molecule has 9 heteroatoms. The number of fused-ring (bicyclic) bond motifs is 2. The van der Waals surface area contributed by atoms with Gasteiger partial charge in [0.05, 0.1) is 27.0 Å². The van der Waals surface area contributed by atoms with Crippen LogP contribution in [-0.4, -0.2) is 29.0 Å². The number of ether oxygens (including phenoxy) is 1. The third kappa shape index (κ3) is 6.16. The van der Waals surface area contributed by atoms with Crippen LogP contribution in [-0.2, 0) is 34.2 Å². The number of benzene rings is 4. The van der Waals surface area contributed by atoms with Crippen molar-refractivity contribution in [3.63, 3.8) is 0 Å². The van der Waals surface area contributed by atoms with Crippen LogP contribution >= 0.6 is 11.6 Å². The Morgan fingerprint density at radius 2 is 1.62 bits per heavy atom. The maximum absolute atomic E-state index is 14.4. The van der Waals surface area contributed by atoms with Gasteiger partial charge in [-0.2, -0.15) is 0 Å². The number of rotatable bonds is 10. The highest BCUT2D eigenvalue weighted by molar-refractivity contribution is 7.91. The molecule has 0 unspecified atom stereocenters. The molecule has 2 heterocycles. The molecule has 0 radical (unpaired) electrons. The molecule has 0 aliphatic heterocycles. The van der Waals surface area contributed by atoms with Gasteiger partial charge in [0.25, 0.3) is 0 Å². The van der Waals surface area contributed by atoms with E-state index < -0.39 is 21.2 Å². The molecule has 7 nitrogen and oxygen atoms in total. The van der Waals surface area contributed by atoms with Crippen molar-refractivity contribution in [2.75, 3.05) is 0 Å². The lowest BCUT2D eigenvalue weighted by atomic mass is 9.88. The van der Waals surface area contributed by atoms with Gasteiger partial charge >= 0.3 is 5.97 Å². The van der Waals surface area contributed by atoms with Gasteiger partial charge in [-0.05, 0) is 74.0 Å². The van der Waals surface area contributed by atoms with E-state index in [4.69, 9.17) is 16.3 Å².